The molecule has 0 fully saturated rings. The average Bonchev–Trinajstić information content (AvgIpc) is 2.46. The fourth-order valence-corrected chi connectivity index (χ4v) is 1.29. The van der Waals surface area contributed by atoms with Crippen LogP contribution in [0.2, 0.25) is 0 Å². The molecule has 2 heterocycles. The van der Waals surface area contributed by atoms with Gasteiger partial charge in [-0.1, -0.05) is 0 Å². The number of fused-ring (bicyclic) bond motifs is 1. The molecule has 0 atom stereocenters. The van der Waals surface area contributed by atoms with E-state index < -0.39 is 12.2 Å². The van der Waals surface area contributed by atoms with Crippen molar-refractivity contribution in [2.45, 2.75) is 6.43 Å². The van der Waals surface area contributed by atoms with Gasteiger partial charge in [-0.05, 0) is 28.1 Å². The number of pyridine rings is 1. The molecule has 2 aromatic rings. The maximum atomic E-state index is 12.2. The van der Waals surface area contributed by atoms with Crippen molar-refractivity contribution >= 4 is 21.6 Å². The summed E-state index contributed by atoms with van der Waals surface area (Å²) >= 11 is 3.20. The quantitative estimate of drug-likeness (QED) is 0.775. The van der Waals surface area contributed by atoms with Gasteiger partial charge in [-0.3, -0.25) is 0 Å². The summed E-state index contributed by atoms with van der Waals surface area (Å²) in [5.74, 6) is -0.446. The third kappa shape index (κ3) is 1.53. The van der Waals surface area contributed by atoms with Gasteiger partial charge in [0.05, 0.1) is 0 Å². The van der Waals surface area contributed by atoms with E-state index in [4.69, 9.17) is 0 Å². The van der Waals surface area contributed by atoms with Gasteiger partial charge in [0.25, 0.3) is 6.43 Å². The van der Waals surface area contributed by atoms with Crippen LogP contribution in [0.25, 0.3) is 5.65 Å². The summed E-state index contributed by atoms with van der Waals surface area (Å²) in [6.45, 7) is 0. The van der Waals surface area contributed by atoms with Crippen LogP contribution < -0.4 is 0 Å². The van der Waals surface area contributed by atoms with Crippen LogP contribution in [0.4, 0.5) is 8.78 Å². The van der Waals surface area contributed by atoms with Crippen LogP contribution in [0.15, 0.2) is 22.8 Å². The van der Waals surface area contributed by atoms with Crippen molar-refractivity contribution in [1.29, 1.82) is 0 Å². The Morgan fingerprint density at radius 3 is 2.85 bits per heavy atom. The molecule has 0 amide bonds. The highest BCUT2D eigenvalue weighted by atomic mass is 79.9. The summed E-state index contributed by atoms with van der Waals surface area (Å²) in [7, 11) is 0. The Bertz CT molecular complexity index is 440. The molecule has 0 unspecified atom stereocenters. The molecule has 0 aromatic carbocycles. The lowest BCUT2D eigenvalue weighted by molar-refractivity contribution is 0.140. The molecular weight excluding hydrogens is 244 g/mol. The van der Waals surface area contributed by atoms with Gasteiger partial charge in [0, 0.05) is 10.7 Å². The Hall–Kier alpha value is -1.04. The summed E-state index contributed by atoms with van der Waals surface area (Å²) in [6, 6.07) is 3.34. The number of hydrogen-bond acceptors (Lipinski definition) is 2. The fraction of sp³-hybridized carbons (Fsp3) is 0.143. The van der Waals surface area contributed by atoms with Crippen molar-refractivity contribution in [2.24, 2.45) is 0 Å². The van der Waals surface area contributed by atoms with Gasteiger partial charge in [0.2, 0.25) is 5.82 Å². The smallest absolute Gasteiger partial charge is 0.220 e. The van der Waals surface area contributed by atoms with Gasteiger partial charge < -0.3 is 0 Å². The van der Waals surface area contributed by atoms with Crippen LogP contribution in [0.1, 0.15) is 12.2 Å². The summed E-state index contributed by atoms with van der Waals surface area (Å²) in [6.07, 6.45) is -1.05. The molecule has 0 aliphatic rings. The van der Waals surface area contributed by atoms with Crippen LogP contribution in [0, 0.1) is 0 Å². The molecule has 0 N–H and O–H groups in total. The molecular formula is C7H4BrF2N3. The zero-order chi connectivity index (χ0) is 9.42. The molecule has 6 heteroatoms. The maximum Gasteiger partial charge on any atom is 0.299 e. The Morgan fingerprint density at radius 1 is 1.38 bits per heavy atom. The van der Waals surface area contributed by atoms with Crippen molar-refractivity contribution < 1.29 is 8.78 Å². The molecule has 0 spiro atoms. The van der Waals surface area contributed by atoms with Crippen molar-refractivity contribution in [1.82, 2.24) is 14.6 Å². The Kier molecular flexibility index (Phi) is 1.99. The van der Waals surface area contributed by atoms with E-state index >= 15 is 0 Å². The molecule has 3 nitrogen and oxygen atoms in total. The van der Waals surface area contributed by atoms with Gasteiger partial charge in [-0.15, -0.1) is 5.10 Å². The molecule has 0 saturated carbocycles. The molecule has 0 aliphatic carbocycles. The summed E-state index contributed by atoms with van der Waals surface area (Å²) < 4.78 is 26.4. The van der Waals surface area contributed by atoms with E-state index in [0.717, 1.165) is 4.47 Å². The number of aromatic nitrogens is 3. The number of halogens is 3. The zero-order valence-electron chi connectivity index (χ0n) is 6.28. The highest BCUT2D eigenvalue weighted by molar-refractivity contribution is 9.10. The minimum atomic E-state index is -2.63. The van der Waals surface area contributed by atoms with Crippen molar-refractivity contribution in [3.05, 3.63) is 28.6 Å². The van der Waals surface area contributed by atoms with Crippen LogP contribution in [0.3, 0.4) is 0 Å². The minimum Gasteiger partial charge on any atom is -0.220 e. The monoisotopic (exact) mass is 247 g/mol. The van der Waals surface area contributed by atoms with Crippen molar-refractivity contribution in [3.8, 4) is 0 Å². The second kappa shape index (κ2) is 3.02. The lowest BCUT2D eigenvalue weighted by Crippen LogP contribution is -1.89. The van der Waals surface area contributed by atoms with Gasteiger partial charge >= 0.3 is 0 Å². The van der Waals surface area contributed by atoms with E-state index in [1.807, 2.05) is 0 Å². The van der Waals surface area contributed by atoms with Crippen LogP contribution in [-0.4, -0.2) is 14.6 Å². The average molecular weight is 248 g/mol. The van der Waals surface area contributed by atoms with Crippen LogP contribution in [-0.2, 0) is 0 Å². The molecule has 2 aromatic heterocycles. The van der Waals surface area contributed by atoms with Crippen LogP contribution in [0.5, 0.6) is 0 Å². The van der Waals surface area contributed by atoms with Gasteiger partial charge in [-0.2, -0.15) is 0 Å². The molecule has 13 heavy (non-hydrogen) atoms. The minimum absolute atomic E-state index is 0.415. The third-order valence-electron chi connectivity index (χ3n) is 1.51. The molecule has 2 rings (SSSR count). The topological polar surface area (TPSA) is 30.2 Å². The first-order valence-electron chi connectivity index (χ1n) is 3.47. The second-order valence-electron chi connectivity index (χ2n) is 2.42. The third-order valence-corrected chi connectivity index (χ3v) is 1.98. The second-order valence-corrected chi connectivity index (χ2v) is 3.34. The molecule has 0 bridgehead atoms. The summed E-state index contributed by atoms with van der Waals surface area (Å²) in [4.78, 5) is 3.63. The zero-order valence-corrected chi connectivity index (χ0v) is 7.87. The van der Waals surface area contributed by atoms with E-state index in [9.17, 15) is 8.78 Å². The number of alkyl halides is 2. The Balaban J connectivity index is 2.62. The van der Waals surface area contributed by atoms with E-state index in [-0.39, 0.29) is 0 Å². The first-order valence-corrected chi connectivity index (χ1v) is 4.26. The Labute approximate surface area is 80.5 Å². The Morgan fingerprint density at radius 2 is 2.15 bits per heavy atom. The fourth-order valence-electron chi connectivity index (χ4n) is 0.968. The number of hydrogen-bond donors (Lipinski definition) is 0. The van der Waals surface area contributed by atoms with Crippen molar-refractivity contribution in [3.63, 3.8) is 0 Å². The van der Waals surface area contributed by atoms with E-state index in [1.165, 1.54) is 4.52 Å². The van der Waals surface area contributed by atoms with Crippen molar-refractivity contribution in [2.75, 3.05) is 0 Å². The summed E-state index contributed by atoms with van der Waals surface area (Å²) in [5, 5.41) is 3.60. The van der Waals surface area contributed by atoms with Gasteiger partial charge in [0.15, 0.2) is 5.65 Å². The maximum absolute atomic E-state index is 12.2. The predicted molar refractivity (Wildman–Crippen MR) is 45.6 cm³/mol. The first-order chi connectivity index (χ1) is 6.16. The van der Waals surface area contributed by atoms with E-state index in [2.05, 4.69) is 26.0 Å². The molecule has 68 valence electrons. The van der Waals surface area contributed by atoms with E-state index in [0.29, 0.717) is 5.65 Å². The van der Waals surface area contributed by atoms with Gasteiger partial charge in [-0.25, -0.2) is 18.3 Å². The first kappa shape index (κ1) is 8.55. The number of rotatable bonds is 1. The molecule has 0 aliphatic heterocycles. The molecule has 0 saturated heterocycles. The lowest BCUT2D eigenvalue weighted by Gasteiger charge is -1.90. The normalized spacial score (nSPS) is 11.4. The summed E-state index contributed by atoms with van der Waals surface area (Å²) in [5.41, 5.74) is 0.415. The highest BCUT2D eigenvalue weighted by Crippen LogP contribution is 2.16. The highest BCUT2D eigenvalue weighted by Gasteiger charge is 2.13. The molecule has 0 radical (unpaired) electrons. The van der Waals surface area contributed by atoms with E-state index in [1.54, 1.807) is 18.3 Å². The largest absolute Gasteiger partial charge is 0.299 e. The standard InChI is InChI=1S/C7H4BrF2N3/c8-4-1-2-5-11-7(6(9)10)12-13(5)3-4/h1-3,6H. The lowest BCUT2D eigenvalue weighted by atomic mass is 10.5. The number of nitrogens with zero attached hydrogens (tertiary/aromatic N) is 3. The predicted octanol–water partition coefficient (Wildman–Crippen LogP) is 2.43. The van der Waals surface area contributed by atoms with Crippen LogP contribution >= 0.6 is 15.9 Å². The SMILES string of the molecule is FC(F)c1nc2ccc(Br)cn2n1. The van der Waals surface area contributed by atoms with Gasteiger partial charge in [0.1, 0.15) is 0 Å².